The summed E-state index contributed by atoms with van der Waals surface area (Å²) in [4.78, 5) is 0. The van der Waals surface area contributed by atoms with Crippen LogP contribution in [-0.2, 0) is 0 Å². The van der Waals surface area contributed by atoms with E-state index in [0.717, 1.165) is 17.8 Å². The van der Waals surface area contributed by atoms with Gasteiger partial charge < -0.3 is 25.5 Å². The predicted molar refractivity (Wildman–Crippen MR) is 159 cm³/mol. The quantitative estimate of drug-likeness (QED) is 0.264. The van der Waals surface area contributed by atoms with Crippen LogP contribution < -0.4 is 0 Å². The Morgan fingerprint density at radius 1 is 0.625 bits per heavy atom. The van der Waals surface area contributed by atoms with Crippen molar-refractivity contribution in [3.05, 3.63) is 0 Å². The first-order valence-corrected chi connectivity index (χ1v) is 16.9. The lowest BCUT2D eigenvalue weighted by atomic mass is 9.32. The van der Waals surface area contributed by atoms with Crippen LogP contribution in [0.1, 0.15) is 126 Å². The molecule has 5 heteroatoms. The molecule has 5 rings (SSSR count). The summed E-state index contributed by atoms with van der Waals surface area (Å²) in [6, 6.07) is 0. The van der Waals surface area contributed by atoms with Crippen molar-refractivity contribution in [2.75, 3.05) is 6.61 Å². The summed E-state index contributed by atoms with van der Waals surface area (Å²) >= 11 is 0. The van der Waals surface area contributed by atoms with Crippen LogP contribution in [0.15, 0.2) is 0 Å². The molecule has 0 amide bonds. The molecule has 5 nitrogen and oxygen atoms in total. The highest BCUT2D eigenvalue weighted by Gasteiger charge is 2.70. The van der Waals surface area contributed by atoms with Crippen LogP contribution in [0.2, 0.25) is 0 Å². The third-order valence-corrected chi connectivity index (χ3v) is 15.4. The Kier molecular flexibility index (Phi) is 8.17. The summed E-state index contributed by atoms with van der Waals surface area (Å²) in [5.74, 6) is 3.80. The second kappa shape index (κ2) is 10.5. The molecule has 0 saturated heterocycles. The van der Waals surface area contributed by atoms with Gasteiger partial charge in [-0.25, -0.2) is 0 Å². The Labute approximate surface area is 244 Å². The molecule has 0 aromatic carbocycles. The summed E-state index contributed by atoms with van der Waals surface area (Å²) in [7, 11) is 0. The van der Waals surface area contributed by atoms with Gasteiger partial charge in [0.25, 0.3) is 0 Å². The fourth-order valence-electron chi connectivity index (χ4n) is 13.3. The lowest BCUT2D eigenvalue weighted by Crippen LogP contribution is -2.65. The number of fused-ring (bicyclic) bond motifs is 7. The van der Waals surface area contributed by atoms with Crippen LogP contribution >= 0.6 is 0 Å². The Balaban J connectivity index is 1.34. The molecule has 5 aliphatic rings. The van der Waals surface area contributed by atoms with Crippen molar-refractivity contribution in [2.45, 2.75) is 150 Å². The highest BCUT2D eigenvalue weighted by molar-refractivity contribution is 5.19. The second-order valence-electron chi connectivity index (χ2n) is 17.3. The van der Waals surface area contributed by atoms with Crippen LogP contribution in [0.3, 0.4) is 0 Å². The zero-order chi connectivity index (χ0) is 29.5. The summed E-state index contributed by atoms with van der Waals surface area (Å²) in [6.07, 6.45) is 9.59. The van der Waals surface area contributed by atoms with E-state index in [1.54, 1.807) is 0 Å². The van der Waals surface area contributed by atoms with Gasteiger partial charge in [0.1, 0.15) is 18.3 Å². The minimum Gasteiger partial charge on any atom is -0.394 e. The molecule has 0 aliphatic heterocycles. The zero-order valence-electron chi connectivity index (χ0n) is 26.7. The van der Waals surface area contributed by atoms with Gasteiger partial charge in [0.15, 0.2) is 0 Å². The third-order valence-electron chi connectivity index (χ3n) is 15.4. The van der Waals surface area contributed by atoms with Crippen LogP contribution in [0.25, 0.3) is 0 Å². The fourth-order valence-corrected chi connectivity index (χ4v) is 13.3. The molecule has 5 saturated carbocycles. The number of hydrogen-bond acceptors (Lipinski definition) is 5. The van der Waals surface area contributed by atoms with Crippen molar-refractivity contribution < 1.29 is 25.5 Å². The van der Waals surface area contributed by atoms with E-state index in [-0.39, 0.29) is 5.92 Å². The van der Waals surface area contributed by atoms with Crippen molar-refractivity contribution in [1.82, 2.24) is 0 Å². The van der Waals surface area contributed by atoms with E-state index in [2.05, 4.69) is 48.5 Å². The topological polar surface area (TPSA) is 101 Å². The Morgan fingerprint density at radius 2 is 1.20 bits per heavy atom. The van der Waals surface area contributed by atoms with Crippen molar-refractivity contribution in [1.29, 1.82) is 0 Å². The summed E-state index contributed by atoms with van der Waals surface area (Å²) in [6.45, 7) is 17.4. The predicted octanol–water partition coefficient (Wildman–Crippen LogP) is 5.94. The van der Waals surface area contributed by atoms with Gasteiger partial charge in [-0.1, -0.05) is 54.9 Å². The van der Waals surface area contributed by atoms with E-state index in [4.69, 9.17) is 5.11 Å². The average Bonchev–Trinajstić information content (AvgIpc) is 3.24. The largest absolute Gasteiger partial charge is 0.394 e. The number of rotatable bonds is 7. The van der Waals surface area contributed by atoms with Crippen molar-refractivity contribution in [3.8, 4) is 0 Å². The Hall–Kier alpha value is -0.200. The minimum absolute atomic E-state index is 0.227. The maximum absolute atomic E-state index is 10.8. The van der Waals surface area contributed by atoms with Crippen molar-refractivity contribution >= 4 is 0 Å². The first-order valence-electron chi connectivity index (χ1n) is 16.9. The zero-order valence-corrected chi connectivity index (χ0v) is 26.7. The van der Waals surface area contributed by atoms with E-state index in [1.807, 2.05) is 0 Å². The highest BCUT2D eigenvalue weighted by Crippen LogP contribution is 2.78. The van der Waals surface area contributed by atoms with Crippen molar-refractivity contribution in [3.63, 3.8) is 0 Å². The molecule has 40 heavy (non-hydrogen) atoms. The summed E-state index contributed by atoms with van der Waals surface area (Å²) in [5, 5.41) is 50.3. The molecule has 232 valence electrons. The van der Waals surface area contributed by atoms with Crippen LogP contribution in [0.4, 0.5) is 0 Å². The maximum Gasteiger partial charge on any atom is 0.110 e. The van der Waals surface area contributed by atoms with Gasteiger partial charge in [-0.15, -0.1) is 0 Å². The molecule has 5 fully saturated rings. The number of aliphatic hydroxyl groups excluding tert-OH is 5. The smallest absolute Gasteiger partial charge is 0.110 e. The van der Waals surface area contributed by atoms with Gasteiger partial charge in [-0.05, 0) is 133 Å². The first kappa shape index (κ1) is 31.2. The average molecular weight is 563 g/mol. The van der Waals surface area contributed by atoms with Crippen molar-refractivity contribution in [2.24, 2.45) is 62.6 Å². The second-order valence-corrected chi connectivity index (χ2v) is 17.3. The van der Waals surface area contributed by atoms with Gasteiger partial charge >= 0.3 is 0 Å². The molecule has 14 atom stereocenters. The van der Waals surface area contributed by atoms with E-state index < -0.39 is 31.0 Å². The normalized spacial score (nSPS) is 50.0. The van der Waals surface area contributed by atoms with Crippen LogP contribution in [-0.4, -0.2) is 56.6 Å². The molecule has 0 spiro atoms. The SMILES string of the molecule is CC(C[C@H](O)[C@@H](O)[C@@H](O)[C@H](O)CO)C1CC[C@@]2(C)C1CC[C@]1(C)C2CCC2[C@@]3(C)CCCC(C)(C)C3CC[C@]21C. The van der Waals surface area contributed by atoms with E-state index >= 15 is 0 Å². The molecular formula is C35H62O5. The first-order chi connectivity index (χ1) is 18.6. The number of hydrogen-bond donors (Lipinski definition) is 5. The lowest BCUT2D eigenvalue weighted by Gasteiger charge is -2.73. The molecule has 0 aromatic heterocycles. The van der Waals surface area contributed by atoms with E-state index in [1.165, 1.54) is 70.6 Å². The molecule has 5 aliphatic carbocycles. The Bertz CT molecular complexity index is 921. The summed E-state index contributed by atoms with van der Waals surface area (Å²) < 4.78 is 0. The molecule has 0 aromatic rings. The van der Waals surface area contributed by atoms with Crippen LogP contribution in [0.5, 0.6) is 0 Å². The lowest BCUT2D eigenvalue weighted by molar-refractivity contribution is -0.241. The van der Waals surface area contributed by atoms with Gasteiger partial charge in [-0.3, -0.25) is 0 Å². The van der Waals surface area contributed by atoms with Gasteiger partial charge in [0, 0.05) is 0 Å². The molecule has 5 N–H and O–H groups in total. The molecule has 6 unspecified atom stereocenters. The van der Waals surface area contributed by atoms with E-state index in [9.17, 15) is 20.4 Å². The molecule has 0 heterocycles. The van der Waals surface area contributed by atoms with E-state index in [0.29, 0.717) is 45.3 Å². The van der Waals surface area contributed by atoms with Gasteiger partial charge in [0.2, 0.25) is 0 Å². The fraction of sp³-hybridized carbons (Fsp3) is 1.00. The molecule has 0 bridgehead atoms. The maximum atomic E-state index is 10.8. The molecule has 0 radical (unpaired) electrons. The van der Waals surface area contributed by atoms with Gasteiger partial charge in [0.05, 0.1) is 12.7 Å². The van der Waals surface area contributed by atoms with Crippen LogP contribution in [0, 0.1) is 62.6 Å². The van der Waals surface area contributed by atoms with Gasteiger partial charge in [-0.2, -0.15) is 0 Å². The third kappa shape index (κ3) is 4.41. The molecular weight excluding hydrogens is 500 g/mol. The highest BCUT2D eigenvalue weighted by atomic mass is 16.4. The Morgan fingerprint density at radius 3 is 1.82 bits per heavy atom. The standard InChI is InChI=1S/C35H62O5/c1-21(19-24(37)29(39)30(40)25(38)20-36)22-11-16-32(4)23(22)12-17-34(6)27(32)9-10-28-33(5)15-8-14-31(2,3)26(33)13-18-35(28,34)7/h21-30,36-40H,8-20H2,1-7H3/t21?,22?,23?,24-,25+,26?,27?,28?,29+,30-,32-,33-,34+,35+/m0/s1. The summed E-state index contributed by atoms with van der Waals surface area (Å²) in [5.41, 5.74) is 2.03. The monoisotopic (exact) mass is 562 g/mol. The minimum atomic E-state index is -1.54. The number of aliphatic hydroxyl groups is 5.